The van der Waals surface area contributed by atoms with Crippen molar-refractivity contribution < 1.29 is 14.6 Å². The normalized spacial score (nSPS) is 12.5. The van der Waals surface area contributed by atoms with Crippen LogP contribution in [0.3, 0.4) is 0 Å². The minimum absolute atomic E-state index is 0.00859. The summed E-state index contributed by atoms with van der Waals surface area (Å²) in [6.07, 6.45) is 1.16. The van der Waals surface area contributed by atoms with Gasteiger partial charge in [-0.2, -0.15) is 0 Å². The van der Waals surface area contributed by atoms with Gasteiger partial charge in [0.05, 0.1) is 19.8 Å². The van der Waals surface area contributed by atoms with E-state index in [-0.39, 0.29) is 18.6 Å². The maximum absolute atomic E-state index is 11.1. The first-order valence-electron chi connectivity index (χ1n) is 4.91. The minimum Gasteiger partial charge on any atom is -0.394 e. The average molecular weight is 204 g/mol. The van der Waals surface area contributed by atoms with Crippen LogP contribution in [0.15, 0.2) is 0 Å². The van der Waals surface area contributed by atoms with Crippen LogP contribution in [0, 0.1) is 0 Å². The number of hydrogen-bond donors (Lipinski definition) is 3. The monoisotopic (exact) mass is 204 g/mol. The predicted molar refractivity (Wildman–Crippen MR) is 53.8 cm³/mol. The Kier molecular flexibility index (Phi) is 8.51. The molecule has 0 fully saturated rings. The number of aliphatic hydroxyl groups is 1. The number of carbonyl (C=O) groups is 1. The van der Waals surface area contributed by atoms with Gasteiger partial charge in [0.25, 0.3) is 0 Å². The molecule has 4 N–H and O–H groups in total. The Labute approximate surface area is 84.6 Å². The molecule has 0 aliphatic carbocycles. The van der Waals surface area contributed by atoms with Crippen molar-refractivity contribution in [3.8, 4) is 0 Å². The van der Waals surface area contributed by atoms with Crippen LogP contribution in [0.25, 0.3) is 0 Å². The zero-order chi connectivity index (χ0) is 10.8. The second-order valence-electron chi connectivity index (χ2n) is 3.06. The highest BCUT2D eigenvalue weighted by molar-refractivity contribution is 5.76. The third-order valence-corrected chi connectivity index (χ3v) is 1.78. The number of ether oxygens (including phenoxy) is 1. The molecule has 0 saturated heterocycles. The SMILES string of the molecule is CCC(N)CC(=O)NCCOCCO. The van der Waals surface area contributed by atoms with Gasteiger partial charge in [-0.25, -0.2) is 0 Å². The summed E-state index contributed by atoms with van der Waals surface area (Å²) in [5.41, 5.74) is 5.60. The lowest BCUT2D eigenvalue weighted by Gasteiger charge is -2.09. The van der Waals surface area contributed by atoms with E-state index in [1.165, 1.54) is 0 Å². The average Bonchev–Trinajstić information content (AvgIpc) is 2.17. The molecule has 0 aliphatic rings. The van der Waals surface area contributed by atoms with Gasteiger partial charge in [-0.3, -0.25) is 4.79 Å². The second kappa shape index (κ2) is 8.93. The van der Waals surface area contributed by atoms with E-state index in [0.717, 1.165) is 6.42 Å². The summed E-state index contributed by atoms with van der Waals surface area (Å²) in [5.74, 6) is -0.0491. The highest BCUT2D eigenvalue weighted by Gasteiger charge is 2.05. The second-order valence-corrected chi connectivity index (χ2v) is 3.06. The van der Waals surface area contributed by atoms with Crippen molar-refractivity contribution in [2.75, 3.05) is 26.4 Å². The summed E-state index contributed by atoms with van der Waals surface area (Å²) in [4.78, 5) is 11.1. The topological polar surface area (TPSA) is 84.6 Å². The lowest BCUT2D eigenvalue weighted by molar-refractivity contribution is -0.121. The quantitative estimate of drug-likeness (QED) is 0.454. The molecular weight excluding hydrogens is 184 g/mol. The molecule has 0 aromatic heterocycles. The van der Waals surface area contributed by atoms with Gasteiger partial charge in [0.15, 0.2) is 0 Å². The zero-order valence-corrected chi connectivity index (χ0v) is 8.66. The number of nitrogens with two attached hydrogens (primary N) is 1. The summed E-state index contributed by atoms with van der Waals surface area (Å²) in [7, 11) is 0. The summed E-state index contributed by atoms with van der Waals surface area (Å²) < 4.78 is 4.97. The van der Waals surface area contributed by atoms with Crippen LogP contribution in [0.2, 0.25) is 0 Å². The number of rotatable bonds is 8. The largest absolute Gasteiger partial charge is 0.394 e. The van der Waals surface area contributed by atoms with E-state index in [1.54, 1.807) is 0 Å². The number of aliphatic hydroxyl groups excluding tert-OH is 1. The predicted octanol–water partition coefficient (Wildman–Crippen LogP) is -0.761. The van der Waals surface area contributed by atoms with Gasteiger partial charge < -0.3 is 20.9 Å². The summed E-state index contributed by atoms with van der Waals surface area (Å²) >= 11 is 0. The van der Waals surface area contributed by atoms with Crippen LogP contribution >= 0.6 is 0 Å². The highest BCUT2D eigenvalue weighted by Crippen LogP contribution is 1.92. The fraction of sp³-hybridized carbons (Fsp3) is 0.889. The number of amides is 1. The minimum atomic E-state index is -0.0617. The molecule has 1 unspecified atom stereocenters. The molecule has 0 saturated carbocycles. The van der Waals surface area contributed by atoms with Crippen molar-refractivity contribution >= 4 is 5.91 Å². The molecule has 5 heteroatoms. The van der Waals surface area contributed by atoms with E-state index < -0.39 is 0 Å². The zero-order valence-electron chi connectivity index (χ0n) is 8.66. The molecule has 0 spiro atoms. The number of carbonyl (C=O) groups excluding carboxylic acids is 1. The van der Waals surface area contributed by atoms with E-state index in [9.17, 15) is 4.79 Å². The summed E-state index contributed by atoms with van der Waals surface area (Å²) in [6, 6.07) is -0.0617. The Bertz CT molecular complexity index is 153. The van der Waals surface area contributed by atoms with Crippen molar-refractivity contribution in [1.29, 1.82) is 0 Å². The van der Waals surface area contributed by atoms with Gasteiger partial charge in [0.2, 0.25) is 5.91 Å². The first kappa shape index (κ1) is 13.4. The van der Waals surface area contributed by atoms with Crippen molar-refractivity contribution in [2.24, 2.45) is 5.73 Å². The van der Waals surface area contributed by atoms with Gasteiger partial charge in [0, 0.05) is 19.0 Å². The third-order valence-electron chi connectivity index (χ3n) is 1.78. The van der Waals surface area contributed by atoms with Crippen LogP contribution in [-0.2, 0) is 9.53 Å². The van der Waals surface area contributed by atoms with Crippen LogP contribution in [0.1, 0.15) is 19.8 Å². The Balaban J connectivity index is 3.27. The van der Waals surface area contributed by atoms with E-state index in [4.69, 9.17) is 15.6 Å². The Morgan fingerprint density at radius 1 is 1.57 bits per heavy atom. The molecule has 0 aliphatic heterocycles. The van der Waals surface area contributed by atoms with Gasteiger partial charge >= 0.3 is 0 Å². The Morgan fingerprint density at radius 2 is 2.29 bits per heavy atom. The van der Waals surface area contributed by atoms with E-state index in [0.29, 0.717) is 26.2 Å². The lowest BCUT2D eigenvalue weighted by atomic mass is 10.1. The molecule has 0 heterocycles. The van der Waals surface area contributed by atoms with Crippen molar-refractivity contribution in [1.82, 2.24) is 5.32 Å². The van der Waals surface area contributed by atoms with Gasteiger partial charge in [-0.05, 0) is 6.42 Å². The van der Waals surface area contributed by atoms with Crippen LogP contribution in [-0.4, -0.2) is 43.4 Å². The van der Waals surface area contributed by atoms with Crippen molar-refractivity contribution in [2.45, 2.75) is 25.8 Å². The molecule has 84 valence electrons. The van der Waals surface area contributed by atoms with Gasteiger partial charge in [-0.15, -0.1) is 0 Å². The molecule has 0 radical (unpaired) electrons. The molecule has 0 bridgehead atoms. The Morgan fingerprint density at radius 3 is 2.86 bits per heavy atom. The van der Waals surface area contributed by atoms with Crippen LogP contribution in [0.5, 0.6) is 0 Å². The maximum Gasteiger partial charge on any atom is 0.221 e. The first-order valence-corrected chi connectivity index (χ1v) is 4.91. The van der Waals surface area contributed by atoms with Crippen LogP contribution < -0.4 is 11.1 Å². The van der Waals surface area contributed by atoms with Gasteiger partial charge in [0.1, 0.15) is 0 Å². The summed E-state index contributed by atoms with van der Waals surface area (Å²) in [5, 5.41) is 11.1. The molecule has 0 aromatic carbocycles. The third kappa shape index (κ3) is 7.97. The molecule has 1 atom stereocenters. The first-order chi connectivity index (χ1) is 6.70. The fourth-order valence-electron chi connectivity index (χ4n) is 0.884. The summed E-state index contributed by atoms with van der Waals surface area (Å²) in [6.45, 7) is 3.16. The van der Waals surface area contributed by atoms with E-state index in [1.807, 2.05) is 6.92 Å². The molecule has 1 amide bonds. The van der Waals surface area contributed by atoms with Crippen LogP contribution in [0.4, 0.5) is 0 Å². The lowest BCUT2D eigenvalue weighted by Crippen LogP contribution is -2.33. The fourth-order valence-corrected chi connectivity index (χ4v) is 0.884. The van der Waals surface area contributed by atoms with Crippen molar-refractivity contribution in [3.63, 3.8) is 0 Å². The molecule has 5 nitrogen and oxygen atoms in total. The number of nitrogens with one attached hydrogen (secondary N) is 1. The number of hydrogen-bond acceptors (Lipinski definition) is 4. The standard InChI is InChI=1S/C9H20N2O3/c1-2-8(10)7-9(13)11-3-5-14-6-4-12/h8,12H,2-7,10H2,1H3,(H,11,13). The highest BCUT2D eigenvalue weighted by atomic mass is 16.5. The molecule has 14 heavy (non-hydrogen) atoms. The maximum atomic E-state index is 11.1. The van der Waals surface area contributed by atoms with Gasteiger partial charge in [-0.1, -0.05) is 6.92 Å². The van der Waals surface area contributed by atoms with Crippen molar-refractivity contribution in [3.05, 3.63) is 0 Å². The Hall–Kier alpha value is -0.650. The van der Waals surface area contributed by atoms with E-state index >= 15 is 0 Å². The smallest absolute Gasteiger partial charge is 0.221 e. The van der Waals surface area contributed by atoms with E-state index in [2.05, 4.69) is 5.32 Å². The molecule has 0 aromatic rings. The molecular formula is C9H20N2O3. The molecule has 0 rings (SSSR count).